The molecule has 0 aliphatic carbocycles. The summed E-state index contributed by atoms with van der Waals surface area (Å²) in [5.41, 5.74) is 0. The van der Waals surface area contributed by atoms with Crippen LogP contribution < -0.4 is 0 Å². The molecule has 0 heterocycles. The van der Waals surface area contributed by atoms with Crippen LogP contribution in [0, 0.1) is 0 Å². The maximum Gasteiger partial charge on any atom is 0.475 e. The third-order valence-electron chi connectivity index (χ3n) is 10.6. The normalized spacial score (nSPS) is 12.3. The molecule has 0 N–H and O–H groups in total. The van der Waals surface area contributed by atoms with E-state index in [1.807, 2.05) is 0 Å². The first-order valence-electron chi connectivity index (χ1n) is 23.1. The van der Waals surface area contributed by atoms with Gasteiger partial charge in [0.05, 0.1) is 18.3 Å². The Labute approximate surface area is 316 Å². The Kier molecular flexibility index (Phi) is 38.9. The largest absolute Gasteiger partial charge is 0.475 e. The molecule has 5 heteroatoms. The average molecular weight is 729 g/mol. The van der Waals surface area contributed by atoms with E-state index in [2.05, 4.69) is 41.5 Å². The van der Waals surface area contributed by atoms with Crippen LogP contribution >= 0.6 is 7.82 Å². The minimum atomic E-state index is -3.76. The van der Waals surface area contributed by atoms with Gasteiger partial charge in [-0.2, -0.15) is 0 Å². The first-order chi connectivity index (χ1) is 24.5. The molecule has 0 aliphatic rings. The summed E-state index contributed by atoms with van der Waals surface area (Å²) in [6, 6.07) is 0. The Morgan fingerprint density at radius 2 is 0.440 bits per heavy atom. The predicted octanol–water partition coefficient (Wildman–Crippen LogP) is 17.4. The highest BCUT2D eigenvalue weighted by Gasteiger charge is 2.36. The van der Waals surface area contributed by atoms with Crippen molar-refractivity contribution in [2.75, 3.05) is 0 Å². The Balaban J connectivity index is 6.11. The first kappa shape index (κ1) is 50.1. The van der Waals surface area contributed by atoms with Crippen molar-refractivity contribution in [1.82, 2.24) is 0 Å². The van der Waals surface area contributed by atoms with Crippen LogP contribution in [0.1, 0.15) is 273 Å². The fourth-order valence-corrected chi connectivity index (χ4v) is 9.10. The molecule has 0 saturated carbocycles. The van der Waals surface area contributed by atoms with Crippen molar-refractivity contribution in [2.45, 2.75) is 291 Å². The molecule has 0 rings (SSSR count). The van der Waals surface area contributed by atoms with Crippen molar-refractivity contribution in [2.24, 2.45) is 0 Å². The van der Waals surface area contributed by atoms with Gasteiger partial charge in [0.2, 0.25) is 0 Å². The standard InChI is InChI=1S/C45H93O4P/c1-7-13-19-25-31-37-43(38-32-26-20-14-8-2)47-50(46,48-44(39-33-27-21-15-9-3)40-34-28-22-16-10-4)49-45(41-35-29-23-17-11-5)42-36-30-24-18-12-6/h43-45H,7-42H2,1-6H3. The third kappa shape index (κ3) is 32.7. The summed E-state index contributed by atoms with van der Waals surface area (Å²) in [5, 5.41) is 0. The van der Waals surface area contributed by atoms with E-state index in [4.69, 9.17) is 13.6 Å². The molecule has 0 aromatic heterocycles. The van der Waals surface area contributed by atoms with E-state index in [1.54, 1.807) is 0 Å². The number of rotatable bonds is 42. The molecule has 0 aromatic rings. The molecule has 0 unspecified atom stereocenters. The molecular weight excluding hydrogens is 635 g/mol. The van der Waals surface area contributed by atoms with Gasteiger partial charge >= 0.3 is 7.82 Å². The summed E-state index contributed by atoms with van der Waals surface area (Å²) >= 11 is 0. The fraction of sp³-hybridized carbons (Fsp3) is 1.00. The van der Waals surface area contributed by atoms with Crippen LogP contribution in [-0.4, -0.2) is 18.3 Å². The number of hydrogen-bond acceptors (Lipinski definition) is 4. The van der Waals surface area contributed by atoms with Crippen molar-refractivity contribution in [1.29, 1.82) is 0 Å². The predicted molar refractivity (Wildman–Crippen MR) is 222 cm³/mol. The number of phosphoric acid groups is 1. The lowest BCUT2D eigenvalue weighted by molar-refractivity contribution is 0.0156. The maximum atomic E-state index is 15.2. The van der Waals surface area contributed by atoms with Crippen LogP contribution in [0.15, 0.2) is 0 Å². The number of phosphoric ester groups is 1. The highest BCUT2D eigenvalue weighted by molar-refractivity contribution is 7.48. The minimum Gasteiger partial charge on any atom is -0.284 e. The van der Waals surface area contributed by atoms with E-state index in [9.17, 15) is 0 Å². The summed E-state index contributed by atoms with van der Waals surface area (Å²) in [4.78, 5) is 0. The van der Waals surface area contributed by atoms with Crippen molar-refractivity contribution < 1.29 is 18.1 Å². The quantitative estimate of drug-likeness (QED) is 0.0464. The Bertz CT molecular complexity index is 568. The molecule has 0 fully saturated rings. The van der Waals surface area contributed by atoms with Gasteiger partial charge in [0, 0.05) is 0 Å². The first-order valence-corrected chi connectivity index (χ1v) is 24.6. The second-order valence-electron chi connectivity index (χ2n) is 15.8. The van der Waals surface area contributed by atoms with Gasteiger partial charge < -0.3 is 0 Å². The molecule has 4 nitrogen and oxygen atoms in total. The van der Waals surface area contributed by atoms with Gasteiger partial charge in [0.1, 0.15) is 0 Å². The molecule has 0 aromatic carbocycles. The van der Waals surface area contributed by atoms with Gasteiger partial charge in [-0.25, -0.2) is 4.57 Å². The van der Waals surface area contributed by atoms with Crippen LogP contribution in [-0.2, 0) is 18.1 Å². The van der Waals surface area contributed by atoms with E-state index in [0.717, 1.165) is 77.0 Å². The topological polar surface area (TPSA) is 44.8 Å². The molecule has 0 bridgehead atoms. The van der Waals surface area contributed by atoms with Gasteiger partial charge in [-0.3, -0.25) is 13.6 Å². The molecule has 0 amide bonds. The molecular formula is C45H93O4P. The van der Waals surface area contributed by atoms with Crippen LogP contribution in [0.3, 0.4) is 0 Å². The summed E-state index contributed by atoms with van der Waals surface area (Å²) < 4.78 is 35.6. The monoisotopic (exact) mass is 729 g/mol. The van der Waals surface area contributed by atoms with Crippen molar-refractivity contribution >= 4 is 7.82 Å². The Morgan fingerprint density at radius 3 is 0.600 bits per heavy atom. The molecule has 0 radical (unpaired) electrons. The Hall–Kier alpha value is 0.110. The van der Waals surface area contributed by atoms with Crippen LogP contribution in [0.5, 0.6) is 0 Å². The zero-order chi connectivity index (χ0) is 36.8. The van der Waals surface area contributed by atoms with Gasteiger partial charge in [-0.05, 0) is 38.5 Å². The highest BCUT2D eigenvalue weighted by atomic mass is 31.2. The second kappa shape index (κ2) is 38.8. The number of hydrogen-bond donors (Lipinski definition) is 0. The van der Waals surface area contributed by atoms with Crippen LogP contribution in [0.4, 0.5) is 0 Å². The highest BCUT2D eigenvalue weighted by Crippen LogP contribution is 2.55. The zero-order valence-electron chi connectivity index (χ0n) is 35.3. The molecule has 0 spiro atoms. The van der Waals surface area contributed by atoms with Gasteiger partial charge in [-0.1, -0.05) is 234 Å². The van der Waals surface area contributed by atoms with Crippen molar-refractivity contribution in [3.63, 3.8) is 0 Å². The van der Waals surface area contributed by atoms with E-state index >= 15 is 4.57 Å². The van der Waals surface area contributed by atoms with Crippen molar-refractivity contribution in [3.05, 3.63) is 0 Å². The van der Waals surface area contributed by atoms with Crippen LogP contribution in [0.25, 0.3) is 0 Å². The van der Waals surface area contributed by atoms with Gasteiger partial charge in [-0.15, -0.1) is 0 Å². The molecule has 302 valence electrons. The zero-order valence-corrected chi connectivity index (χ0v) is 36.2. The van der Waals surface area contributed by atoms with Gasteiger partial charge in [0.25, 0.3) is 0 Å². The minimum absolute atomic E-state index is 0.0476. The smallest absolute Gasteiger partial charge is 0.284 e. The maximum absolute atomic E-state index is 15.2. The summed E-state index contributed by atoms with van der Waals surface area (Å²) in [5.74, 6) is 0. The SMILES string of the molecule is CCCCCCCC(CCCCCCC)OP(=O)(OC(CCCCCCC)CCCCCCC)OC(CCCCCCC)CCCCCCC. The molecule has 0 aliphatic heterocycles. The lowest BCUT2D eigenvalue weighted by Gasteiger charge is -2.31. The summed E-state index contributed by atoms with van der Waals surface area (Å²) in [6.07, 6.45) is 42.8. The fourth-order valence-electron chi connectivity index (χ4n) is 7.22. The van der Waals surface area contributed by atoms with Crippen LogP contribution in [0.2, 0.25) is 0 Å². The molecule has 50 heavy (non-hydrogen) atoms. The third-order valence-corrected chi connectivity index (χ3v) is 12.3. The van der Waals surface area contributed by atoms with E-state index in [0.29, 0.717) is 0 Å². The number of unbranched alkanes of at least 4 members (excludes halogenated alkanes) is 24. The second-order valence-corrected chi connectivity index (χ2v) is 17.4. The lowest BCUT2D eigenvalue weighted by Crippen LogP contribution is -2.22. The summed E-state index contributed by atoms with van der Waals surface area (Å²) in [7, 11) is -3.76. The van der Waals surface area contributed by atoms with Gasteiger partial charge in [0.15, 0.2) is 0 Å². The average Bonchev–Trinajstić information content (AvgIpc) is 3.10. The Morgan fingerprint density at radius 1 is 0.280 bits per heavy atom. The molecule has 0 atom stereocenters. The van der Waals surface area contributed by atoms with E-state index in [1.165, 1.54) is 154 Å². The summed E-state index contributed by atoms with van der Waals surface area (Å²) in [6.45, 7) is 13.7. The molecule has 0 saturated heterocycles. The van der Waals surface area contributed by atoms with Crippen molar-refractivity contribution in [3.8, 4) is 0 Å². The van der Waals surface area contributed by atoms with E-state index < -0.39 is 7.82 Å². The lowest BCUT2D eigenvalue weighted by atomic mass is 10.0. The van der Waals surface area contributed by atoms with E-state index in [-0.39, 0.29) is 18.3 Å².